The van der Waals surface area contributed by atoms with E-state index in [9.17, 15) is 0 Å². The Kier molecular flexibility index (Phi) is 5.70. The molecule has 1 aliphatic rings. The van der Waals surface area contributed by atoms with E-state index in [0.717, 1.165) is 11.8 Å². The van der Waals surface area contributed by atoms with Gasteiger partial charge in [0.15, 0.2) is 11.5 Å². The van der Waals surface area contributed by atoms with E-state index in [1.54, 1.807) is 12.1 Å². The number of rotatable bonds is 1. The highest BCUT2D eigenvalue weighted by atomic mass is 16.3. The Balaban J connectivity index is 0.000000203. The summed E-state index contributed by atoms with van der Waals surface area (Å²) >= 11 is 0. The van der Waals surface area contributed by atoms with Gasteiger partial charge in [-0.1, -0.05) is 63.2 Å². The molecule has 2 N–H and O–H groups in total. The molecule has 0 aromatic heterocycles. The molecule has 23 heavy (non-hydrogen) atoms. The Bertz CT molecular complexity index is 583. The van der Waals surface area contributed by atoms with Crippen molar-refractivity contribution in [2.24, 2.45) is 11.3 Å². The van der Waals surface area contributed by atoms with Crippen molar-refractivity contribution in [3.05, 3.63) is 60.2 Å². The first-order valence-electron chi connectivity index (χ1n) is 8.39. The Morgan fingerprint density at radius 1 is 0.826 bits per heavy atom. The lowest BCUT2D eigenvalue weighted by atomic mass is 9.66. The van der Waals surface area contributed by atoms with Crippen molar-refractivity contribution in [2.75, 3.05) is 0 Å². The fraction of sp³-hybridized carbons (Fsp3) is 0.429. The van der Waals surface area contributed by atoms with Crippen LogP contribution in [0, 0.1) is 11.3 Å². The van der Waals surface area contributed by atoms with Gasteiger partial charge >= 0.3 is 0 Å². The standard InChI is InChI=1S/C15H22.C6H6O2/c1-12-9-14(11-15(2,3)10-12)13-7-5-4-6-8-13;7-5-3-1-2-4-6(5)8/h4-8,12,14H,9-11H2,1-3H3;1-4,7-8H. The van der Waals surface area contributed by atoms with Gasteiger partial charge in [-0.05, 0) is 54.2 Å². The Labute approximate surface area is 139 Å². The number of hydrogen-bond donors (Lipinski definition) is 2. The van der Waals surface area contributed by atoms with Crippen LogP contribution in [0.4, 0.5) is 0 Å². The normalized spacial score (nSPS) is 22.7. The van der Waals surface area contributed by atoms with Gasteiger partial charge < -0.3 is 10.2 Å². The Hall–Kier alpha value is -1.96. The molecule has 124 valence electrons. The fourth-order valence-corrected chi connectivity index (χ4v) is 3.79. The van der Waals surface area contributed by atoms with E-state index in [1.807, 2.05) is 0 Å². The lowest BCUT2D eigenvalue weighted by Crippen LogP contribution is -2.26. The van der Waals surface area contributed by atoms with Crippen molar-refractivity contribution in [1.82, 2.24) is 0 Å². The van der Waals surface area contributed by atoms with Crippen LogP contribution in [0.3, 0.4) is 0 Å². The van der Waals surface area contributed by atoms with Crippen LogP contribution in [0.15, 0.2) is 54.6 Å². The van der Waals surface area contributed by atoms with E-state index < -0.39 is 0 Å². The lowest BCUT2D eigenvalue weighted by molar-refractivity contribution is 0.168. The SMILES string of the molecule is CC1CC(c2ccccc2)CC(C)(C)C1.Oc1ccccc1O. The van der Waals surface area contributed by atoms with E-state index in [-0.39, 0.29) is 11.5 Å². The summed E-state index contributed by atoms with van der Waals surface area (Å²) in [6, 6.07) is 17.2. The summed E-state index contributed by atoms with van der Waals surface area (Å²) < 4.78 is 0. The van der Waals surface area contributed by atoms with Crippen molar-refractivity contribution in [2.45, 2.75) is 46.0 Å². The molecule has 2 atom stereocenters. The van der Waals surface area contributed by atoms with Crippen LogP contribution < -0.4 is 0 Å². The molecule has 0 bridgehead atoms. The van der Waals surface area contributed by atoms with Crippen molar-refractivity contribution in [1.29, 1.82) is 0 Å². The third-order valence-electron chi connectivity index (χ3n) is 4.54. The molecule has 0 heterocycles. The van der Waals surface area contributed by atoms with Crippen LogP contribution in [0.1, 0.15) is 51.5 Å². The van der Waals surface area contributed by atoms with E-state index in [4.69, 9.17) is 10.2 Å². The van der Waals surface area contributed by atoms with Gasteiger partial charge in [0.05, 0.1) is 0 Å². The first kappa shape index (κ1) is 17.4. The molecule has 1 fully saturated rings. The van der Waals surface area contributed by atoms with Crippen LogP contribution in [0.5, 0.6) is 11.5 Å². The number of benzene rings is 2. The zero-order valence-corrected chi connectivity index (χ0v) is 14.4. The smallest absolute Gasteiger partial charge is 0.157 e. The molecule has 2 heteroatoms. The molecule has 1 aliphatic carbocycles. The average molecular weight is 312 g/mol. The predicted molar refractivity (Wildman–Crippen MR) is 95.8 cm³/mol. The van der Waals surface area contributed by atoms with Gasteiger partial charge in [0, 0.05) is 0 Å². The fourth-order valence-electron chi connectivity index (χ4n) is 3.79. The van der Waals surface area contributed by atoms with Gasteiger partial charge in [-0.15, -0.1) is 0 Å². The Morgan fingerprint density at radius 2 is 1.35 bits per heavy atom. The molecule has 0 saturated heterocycles. The van der Waals surface area contributed by atoms with Gasteiger partial charge in [0.1, 0.15) is 0 Å². The van der Waals surface area contributed by atoms with Gasteiger partial charge in [-0.3, -0.25) is 0 Å². The molecule has 2 unspecified atom stereocenters. The minimum atomic E-state index is -0.0764. The van der Waals surface area contributed by atoms with Gasteiger partial charge in [-0.25, -0.2) is 0 Å². The number of phenolic OH excluding ortho intramolecular Hbond substituents is 2. The highest BCUT2D eigenvalue weighted by Gasteiger charge is 2.32. The quantitative estimate of drug-likeness (QED) is 0.662. The topological polar surface area (TPSA) is 40.5 Å². The van der Waals surface area contributed by atoms with Crippen LogP contribution in [0.25, 0.3) is 0 Å². The molecule has 2 aromatic rings. The van der Waals surface area contributed by atoms with E-state index in [1.165, 1.54) is 37.0 Å². The zero-order chi connectivity index (χ0) is 16.9. The second-order valence-corrected chi connectivity index (χ2v) is 7.51. The second-order valence-electron chi connectivity index (χ2n) is 7.51. The molecular weight excluding hydrogens is 284 g/mol. The summed E-state index contributed by atoms with van der Waals surface area (Å²) in [7, 11) is 0. The van der Waals surface area contributed by atoms with Crippen molar-refractivity contribution in [3.8, 4) is 11.5 Å². The van der Waals surface area contributed by atoms with Gasteiger partial charge in [0.2, 0.25) is 0 Å². The average Bonchev–Trinajstić information content (AvgIpc) is 2.50. The van der Waals surface area contributed by atoms with E-state index in [2.05, 4.69) is 51.1 Å². The van der Waals surface area contributed by atoms with Gasteiger partial charge in [-0.2, -0.15) is 0 Å². The van der Waals surface area contributed by atoms with Crippen molar-refractivity contribution in [3.63, 3.8) is 0 Å². The van der Waals surface area contributed by atoms with Crippen LogP contribution >= 0.6 is 0 Å². The second kappa shape index (κ2) is 7.54. The predicted octanol–water partition coefficient (Wildman–Crippen LogP) is 5.71. The molecule has 3 rings (SSSR count). The lowest BCUT2D eigenvalue weighted by Gasteiger charge is -2.39. The molecule has 0 amide bonds. The summed E-state index contributed by atoms with van der Waals surface area (Å²) in [4.78, 5) is 0. The summed E-state index contributed by atoms with van der Waals surface area (Å²) in [5, 5.41) is 17.3. The third kappa shape index (κ3) is 5.31. The number of aromatic hydroxyl groups is 2. The molecule has 2 aromatic carbocycles. The highest BCUT2D eigenvalue weighted by molar-refractivity contribution is 5.36. The maximum absolute atomic E-state index is 8.67. The maximum Gasteiger partial charge on any atom is 0.157 e. The van der Waals surface area contributed by atoms with E-state index >= 15 is 0 Å². The molecule has 0 spiro atoms. The molecule has 0 radical (unpaired) electrons. The summed E-state index contributed by atoms with van der Waals surface area (Å²) in [5.41, 5.74) is 2.06. The molecule has 2 nitrogen and oxygen atoms in total. The Morgan fingerprint density at radius 3 is 1.83 bits per heavy atom. The summed E-state index contributed by atoms with van der Waals surface area (Å²) in [6.45, 7) is 7.23. The number of para-hydroxylation sites is 2. The van der Waals surface area contributed by atoms with Gasteiger partial charge in [0.25, 0.3) is 0 Å². The van der Waals surface area contributed by atoms with Crippen molar-refractivity contribution >= 4 is 0 Å². The largest absolute Gasteiger partial charge is 0.504 e. The number of hydrogen-bond acceptors (Lipinski definition) is 2. The number of phenols is 2. The zero-order valence-electron chi connectivity index (χ0n) is 14.4. The molecule has 1 saturated carbocycles. The third-order valence-corrected chi connectivity index (χ3v) is 4.54. The summed E-state index contributed by atoms with van der Waals surface area (Å²) in [6.07, 6.45) is 4.10. The summed E-state index contributed by atoms with van der Waals surface area (Å²) in [5.74, 6) is 1.50. The highest BCUT2D eigenvalue weighted by Crippen LogP contribution is 2.45. The monoisotopic (exact) mass is 312 g/mol. The first-order valence-corrected chi connectivity index (χ1v) is 8.39. The minimum absolute atomic E-state index is 0.0764. The first-order chi connectivity index (χ1) is 10.9. The van der Waals surface area contributed by atoms with Crippen LogP contribution in [-0.2, 0) is 0 Å². The van der Waals surface area contributed by atoms with E-state index in [0.29, 0.717) is 5.41 Å². The minimum Gasteiger partial charge on any atom is -0.504 e. The maximum atomic E-state index is 8.67. The van der Waals surface area contributed by atoms with Crippen molar-refractivity contribution < 1.29 is 10.2 Å². The van der Waals surface area contributed by atoms with Crippen LogP contribution in [0.2, 0.25) is 0 Å². The molecular formula is C21H28O2. The van der Waals surface area contributed by atoms with Crippen LogP contribution in [-0.4, -0.2) is 10.2 Å². The molecule has 0 aliphatic heterocycles.